The fourth-order valence-electron chi connectivity index (χ4n) is 3.86. The van der Waals surface area contributed by atoms with Crippen molar-refractivity contribution in [2.45, 2.75) is 44.4 Å². The Hall–Kier alpha value is -2.78. The summed E-state index contributed by atoms with van der Waals surface area (Å²) in [4.78, 5) is 9.27. The summed E-state index contributed by atoms with van der Waals surface area (Å²) >= 11 is 0. The molecule has 3 aromatic heterocycles. The first-order chi connectivity index (χ1) is 14.4. The van der Waals surface area contributed by atoms with Crippen molar-refractivity contribution in [2.75, 3.05) is 18.4 Å². The minimum absolute atomic E-state index is 0.0144. The van der Waals surface area contributed by atoms with E-state index < -0.39 is 10.0 Å². The van der Waals surface area contributed by atoms with Crippen LogP contribution < -0.4 is 5.32 Å². The quantitative estimate of drug-likeness (QED) is 0.662. The fraction of sp³-hybridized carbons (Fsp3) is 0.381. The van der Waals surface area contributed by atoms with E-state index in [9.17, 15) is 8.42 Å². The van der Waals surface area contributed by atoms with E-state index in [-0.39, 0.29) is 10.8 Å². The van der Waals surface area contributed by atoms with Gasteiger partial charge in [0.05, 0.1) is 0 Å². The van der Waals surface area contributed by atoms with Gasteiger partial charge in [-0.05, 0) is 57.4 Å². The zero-order valence-electron chi connectivity index (χ0n) is 17.3. The van der Waals surface area contributed by atoms with Crippen LogP contribution in [0.2, 0.25) is 0 Å². The minimum atomic E-state index is -3.66. The van der Waals surface area contributed by atoms with Gasteiger partial charge in [-0.3, -0.25) is 0 Å². The predicted molar refractivity (Wildman–Crippen MR) is 113 cm³/mol. The second kappa shape index (κ2) is 8.16. The van der Waals surface area contributed by atoms with Crippen LogP contribution in [-0.4, -0.2) is 40.9 Å². The molecule has 0 amide bonds. The van der Waals surface area contributed by atoms with Gasteiger partial charge < -0.3 is 9.84 Å². The molecule has 0 aliphatic carbocycles. The number of hydrogen-bond donors (Lipinski definition) is 1. The largest absolute Gasteiger partial charge is 0.360 e. The lowest BCUT2D eigenvalue weighted by atomic mass is 9.95. The molecule has 1 fully saturated rings. The van der Waals surface area contributed by atoms with Crippen LogP contribution in [0.5, 0.6) is 0 Å². The highest BCUT2D eigenvalue weighted by atomic mass is 32.2. The molecule has 30 heavy (non-hydrogen) atoms. The Morgan fingerprint density at radius 3 is 2.73 bits per heavy atom. The van der Waals surface area contributed by atoms with Crippen molar-refractivity contribution in [1.29, 1.82) is 0 Å². The predicted octanol–water partition coefficient (Wildman–Crippen LogP) is 3.70. The summed E-state index contributed by atoms with van der Waals surface area (Å²) in [5.41, 5.74) is 2.29. The third kappa shape index (κ3) is 3.95. The Morgan fingerprint density at radius 2 is 2.00 bits per heavy atom. The van der Waals surface area contributed by atoms with Crippen molar-refractivity contribution in [3.8, 4) is 0 Å². The molecule has 0 spiro atoms. The number of sulfonamides is 1. The molecule has 1 aliphatic heterocycles. The van der Waals surface area contributed by atoms with E-state index in [0.29, 0.717) is 30.4 Å². The van der Waals surface area contributed by atoms with Gasteiger partial charge in [-0.1, -0.05) is 17.3 Å². The Kier molecular flexibility index (Phi) is 5.57. The third-order valence-electron chi connectivity index (χ3n) is 5.39. The maximum Gasteiger partial charge on any atom is 0.248 e. The topological polar surface area (TPSA) is 101 Å². The molecule has 0 radical (unpaired) electrons. The maximum atomic E-state index is 13.2. The number of rotatable bonds is 5. The zero-order valence-corrected chi connectivity index (χ0v) is 18.1. The molecule has 3 aromatic rings. The first-order valence-electron chi connectivity index (χ1n) is 9.95. The van der Waals surface area contributed by atoms with Gasteiger partial charge in [0, 0.05) is 30.9 Å². The van der Waals surface area contributed by atoms with Gasteiger partial charge in [-0.25, -0.2) is 18.4 Å². The van der Waals surface area contributed by atoms with Gasteiger partial charge in [0.2, 0.25) is 10.0 Å². The van der Waals surface area contributed by atoms with E-state index in [0.717, 1.165) is 29.9 Å². The molecular weight excluding hydrogens is 402 g/mol. The molecule has 0 saturated carbocycles. The van der Waals surface area contributed by atoms with Gasteiger partial charge in [-0.2, -0.15) is 4.31 Å². The van der Waals surface area contributed by atoms with Crippen LogP contribution in [0.4, 0.5) is 11.6 Å². The second-order valence-electron chi connectivity index (χ2n) is 7.60. The summed E-state index contributed by atoms with van der Waals surface area (Å²) in [5.74, 6) is 1.79. The molecule has 1 unspecified atom stereocenters. The van der Waals surface area contributed by atoms with Gasteiger partial charge in [-0.15, -0.1) is 0 Å². The summed E-state index contributed by atoms with van der Waals surface area (Å²) in [7, 11) is -3.66. The number of pyridine rings is 2. The van der Waals surface area contributed by atoms with Gasteiger partial charge >= 0.3 is 0 Å². The number of nitrogens with one attached hydrogen (secondary N) is 1. The lowest BCUT2D eigenvalue weighted by Gasteiger charge is -2.31. The molecule has 1 atom stereocenters. The first kappa shape index (κ1) is 20.5. The molecule has 9 heteroatoms. The van der Waals surface area contributed by atoms with E-state index in [4.69, 9.17) is 9.51 Å². The molecule has 1 saturated heterocycles. The highest BCUT2D eigenvalue weighted by Crippen LogP contribution is 2.32. The highest BCUT2D eigenvalue weighted by molar-refractivity contribution is 7.89. The second-order valence-corrected chi connectivity index (χ2v) is 9.47. The average molecular weight is 428 g/mol. The fourth-order valence-corrected chi connectivity index (χ4v) is 5.68. The number of hydrogen-bond acceptors (Lipinski definition) is 7. The lowest BCUT2D eigenvalue weighted by Crippen LogP contribution is -2.39. The summed E-state index contributed by atoms with van der Waals surface area (Å²) in [6.07, 6.45) is 3.39. The normalized spacial score (nSPS) is 17.8. The van der Waals surface area contributed by atoms with E-state index >= 15 is 0 Å². The van der Waals surface area contributed by atoms with Crippen LogP contribution in [0.15, 0.2) is 45.9 Å². The molecule has 0 bridgehead atoms. The van der Waals surface area contributed by atoms with Crippen LogP contribution in [0, 0.1) is 20.8 Å². The van der Waals surface area contributed by atoms with E-state index in [1.807, 2.05) is 37.3 Å². The van der Waals surface area contributed by atoms with Crippen molar-refractivity contribution < 1.29 is 12.9 Å². The average Bonchev–Trinajstić information content (AvgIpc) is 3.09. The lowest BCUT2D eigenvalue weighted by molar-refractivity contribution is 0.312. The Labute approximate surface area is 176 Å². The third-order valence-corrected chi connectivity index (χ3v) is 7.50. The molecular formula is C21H25N5O3S. The van der Waals surface area contributed by atoms with Crippen LogP contribution in [0.1, 0.15) is 41.5 Å². The van der Waals surface area contributed by atoms with E-state index in [1.54, 1.807) is 20.0 Å². The summed E-state index contributed by atoms with van der Waals surface area (Å²) in [5, 5.41) is 7.06. The maximum absolute atomic E-state index is 13.2. The van der Waals surface area contributed by atoms with Crippen molar-refractivity contribution in [3.63, 3.8) is 0 Å². The van der Waals surface area contributed by atoms with Crippen molar-refractivity contribution >= 4 is 21.7 Å². The van der Waals surface area contributed by atoms with Crippen molar-refractivity contribution in [3.05, 3.63) is 59.2 Å². The van der Waals surface area contributed by atoms with Crippen LogP contribution in [0.25, 0.3) is 0 Å². The number of anilines is 2. The molecule has 8 nitrogen and oxygen atoms in total. The SMILES string of the molecule is Cc1cccnc1Nc1cccc(C2CCCN(S(=O)(=O)c3c(C)noc3C)C2)n1. The van der Waals surface area contributed by atoms with Gasteiger partial charge in [0.1, 0.15) is 22.2 Å². The van der Waals surface area contributed by atoms with Gasteiger partial charge in [0.15, 0.2) is 5.76 Å². The Bertz CT molecular complexity index is 1140. The smallest absolute Gasteiger partial charge is 0.248 e. The summed E-state index contributed by atoms with van der Waals surface area (Å²) in [6.45, 7) is 6.13. The van der Waals surface area contributed by atoms with Crippen LogP contribution >= 0.6 is 0 Å². The van der Waals surface area contributed by atoms with Crippen molar-refractivity contribution in [1.82, 2.24) is 19.4 Å². The number of nitrogens with zero attached hydrogens (tertiary/aromatic N) is 4. The first-order valence-corrected chi connectivity index (χ1v) is 11.4. The Balaban J connectivity index is 1.56. The monoisotopic (exact) mass is 427 g/mol. The van der Waals surface area contributed by atoms with Crippen LogP contribution in [-0.2, 0) is 10.0 Å². The number of piperidine rings is 1. The standard InChI is InChI=1S/C21H25N5O3S/c1-14-7-5-11-22-21(14)24-19-10-4-9-18(23-19)17-8-6-12-26(13-17)30(27,28)20-15(2)25-29-16(20)3/h4-5,7,9-11,17H,6,8,12-13H2,1-3H3,(H,22,23,24). The molecule has 0 aromatic carbocycles. The molecule has 158 valence electrons. The molecule has 1 aliphatic rings. The van der Waals surface area contributed by atoms with E-state index in [1.165, 1.54) is 4.31 Å². The van der Waals surface area contributed by atoms with E-state index in [2.05, 4.69) is 15.5 Å². The van der Waals surface area contributed by atoms with Crippen LogP contribution in [0.3, 0.4) is 0 Å². The highest BCUT2D eigenvalue weighted by Gasteiger charge is 2.35. The molecule has 4 rings (SSSR count). The number of aryl methyl sites for hydroxylation is 3. The summed E-state index contributed by atoms with van der Waals surface area (Å²) in [6, 6.07) is 9.65. The minimum Gasteiger partial charge on any atom is -0.360 e. The zero-order chi connectivity index (χ0) is 21.3. The number of aromatic nitrogens is 3. The van der Waals surface area contributed by atoms with Gasteiger partial charge in [0.25, 0.3) is 0 Å². The Morgan fingerprint density at radius 1 is 1.17 bits per heavy atom. The molecule has 4 heterocycles. The molecule has 1 N–H and O–H groups in total. The summed E-state index contributed by atoms with van der Waals surface area (Å²) < 4.78 is 33.0. The van der Waals surface area contributed by atoms with Crippen molar-refractivity contribution in [2.24, 2.45) is 0 Å².